The smallest absolute Gasteiger partial charge is 0.251 e. The van der Waals surface area contributed by atoms with Crippen molar-refractivity contribution in [2.75, 3.05) is 11.9 Å². The van der Waals surface area contributed by atoms with E-state index < -0.39 is 6.04 Å². The third-order valence-electron chi connectivity index (χ3n) is 4.03. The molecule has 0 saturated carbocycles. The third-order valence-corrected chi connectivity index (χ3v) is 4.25. The highest BCUT2D eigenvalue weighted by atomic mass is 35.5. The van der Waals surface area contributed by atoms with Crippen molar-refractivity contribution >= 4 is 29.1 Å². The van der Waals surface area contributed by atoms with Crippen LogP contribution in [0.3, 0.4) is 0 Å². The Morgan fingerprint density at radius 3 is 2.62 bits per heavy atom. The average Bonchev–Trinajstić information content (AvgIpc) is 2.60. The van der Waals surface area contributed by atoms with Gasteiger partial charge >= 0.3 is 0 Å². The molecule has 2 aromatic rings. The molecule has 6 heteroatoms. The van der Waals surface area contributed by atoms with Gasteiger partial charge < -0.3 is 10.2 Å². The molecule has 1 unspecified atom stereocenters. The van der Waals surface area contributed by atoms with Crippen LogP contribution in [-0.4, -0.2) is 28.2 Å². The summed E-state index contributed by atoms with van der Waals surface area (Å²) in [6.45, 7) is 0.588. The quantitative estimate of drug-likeness (QED) is 0.865. The summed E-state index contributed by atoms with van der Waals surface area (Å²) < 4.78 is 0. The third kappa shape index (κ3) is 3.74. The normalized spacial score (nSPS) is 15.9. The molecule has 1 aromatic heterocycles. The van der Waals surface area contributed by atoms with E-state index in [1.807, 2.05) is 30.3 Å². The lowest BCUT2D eigenvalue weighted by Crippen LogP contribution is -2.43. The lowest BCUT2D eigenvalue weighted by molar-refractivity contribution is -0.141. The summed E-state index contributed by atoms with van der Waals surface area (Å²) in [5.74, 6) is -0.236. The number of nitrogens with zero attached hydrogens (tertiary/aromatic N) is 2. The zero-order chi connectivity index (χ0) is 16.9. The van der Waals surface area contributed by atoms with Crippen molar-refractivity contribution in [1.82, 2.24) is 9.88 Å². The Morgan fingerprint density at radius 1 is 1.17 bits per heavy atom. The van der Waals surface area contributed by atoms with Crippen molar-refractivity contribution in [2.24, 2.45) is 0 Å². The van der Waals surface area contributed by atoms with Crippen LogP contribution < -0.4 is 5.32 Å². The standard InChI is InChI=1S/C18H18ClN3O2/c19-15-10-9-14(12-20-15)21-18(24)17(13-6-2-1-3-7-13)22-11-5-4-8-16(22)23/h1-3,6-7,9-10,12,17H,4-5,8,11H2,(H,21,24). The Balaban J connectivity index is 1.87. The van der Waals surface area contributed by atoms with Gasteiger partial charge in [0.15, 0.2) is 0 Å². The summed E-state index contributed by atoms with van der Waals surface area (Å²) in [5, 5.41) is 3.19. The largest absolute Gasteiger partial charge is 0.327 e. The van der Waals surface area contributed by atoms with E-state index in [9.17, 15) is 9.59 Å². The summed E-state index contributed by atoms with van der Waals surface area (Å²) in [7, 11) is 0. The fourth-order valence-corrected chi connectivity index (χ4v) is 2.98. The van der Waals surface area contributed by atoms with E-state index in [0.717, 1.165) is 18.4 Å². The summed E-state index contributed by atoms with van der Waals surface area (Å²) >= 11 is 5.77. The van der Waals surface area contributed by atoms with Crippen LogP contribution in [0, 0.1) is 0 Å². The van der Waals surface area contributed by atoms with Gasteiger partial charge in [0.05, 0.1) is 11.9 Å². The van der Waals surface area contributed by atoms with E-state index in [1.54, 1.807) is 17.0 Å². The van der Waals surface area contributed by atoms with Crippen molar-refractivity contribution in [3.05, 3.63) is 59.4 Å². The van der Waals surface area contributed by atoms with Crippen LogP contribution in [0.2, 0.25) is 5.15 Å². The topological polar surface area (TPSA) is 62.3 Å². The first kappa shape index (κ1) is 16.5. The number of piperidine rings is 1. The minimum absolute atomic E-state index is 0.0134. The van der Waals surface area contributed by atoms with Gasteiger partial charge in [-0.1, -0.05) is 41.9 Å². The molecular formula is C18H18ClN3O2. The van der Waals surface area contributed by atoms with Gasteiger partial charge in [0.2, 0.25) is 5.91 Å². The lowest BCUT2D eigenvalue weighted by atomic mass is 10.0. The Morgan fingerprint density at radius 2 is 1.96 bits per heavy atom. The van der Waals surface area contributed by atoms with Crippen LogP contribution in [0.5, 0.6) is 0 Å². The van der Waals surface area contributed by atoms with Crippen molar-refractivity contribution in [1.29, 1.82) is 0 Å². The summed E-state index contributed by atoms with van der Waals surface area (Å²) in [4.78, 5) is 30.8. The number of pyridine rings is 1. The fourth-order valence-electron chi connectivity index (χ4n) is 2.87. The summed E-state index contributed by atoms with van der Waals surface area (Å²) in [6, 6.07) is 12.0. The number of rotatable bonds is 4. The van der Waals surface area contributed by atoms with Crippen molar-refractivity contribution in [2.45, 2.75) is 25.3 Å². The Kier molecular flexibility index (Phi) is 5.11. The van der Waals surface area contributed by atoms with E-state index in [-0.39, 0.29) is 11.8 Å². The number of halogens is 1. The summed E-state index contributed by atoms with van der Waals surface area (Å²) in [6.07, 6.45) is 3.77. The molecule has 1 N–H and O–H groups in total. The van der Waals surface area contributed by atoms with Gasteiger partial charge in [-0.2, -0.15) is 0 Å². The van der Waals surface area contributed by atoms with E-state index in [1.165, 1.54) is 6.20 Å². The Bertz CT molecular complexity index is 719. The average molecular weight is 344 g/mol. The predicted molar refractivity (Wildman–Crippen MR) is 92.6 cm³/mol. The second-order valence-electron chi connectivity index (χ2n) is 5.72. The van der Waals surface area contributed by atoms with Gasteiger partial charge in [0, 0.05) is 13.0 Å². The molecule has 1 saturated heterocycles. The molecule has 0 bridgehead atoms. The number of aromatic nitrogens is 1. The zero-order valence-electron chi connectivity index (χ0n) is 13.1. The molecular weight excluding hydrogens is 326 g/mol. The van der Waals surface area contributed by atoms with Gasteiger partial charge in [-0.15, -0.1) is 0 Å². The van der Waals surface area contributed by atoms with Gasteiger partial charge in [-0.25, -0.2) is 4.98 Å². The maximum Gasteiger partial charge on any atom is 0.251 e. The molecule has 24 heavy (non-hydrogen) atoms. The SMILES string of the molecule is O=C(Nc1ccc(Cl)nc1)C(c1ccccc1)N1CCCCC1=O. The highest BCUT2D eigenvalue weighted by molar-refractivity contribution is 6.29. The number of nitrogens with one attached hydrogen (secondary N) is 1. The second kappa shape index (κ2) is 7.45. The first-order chi connectivity index (χ1) is 11.6. The molecule has 2 amide bonds. The minimum atomic E-state index is -0.644. The molecule has 0 radical (unpaired) electrons. The molecule has 5 nitrogen and oxygen atoms in total. The molecule has 1 aliphatic rings. The first-order valence-corrected chi connectivity index (χ1v) is 8.30. The lowest BCUT2D eigenvalue weighted by Gasteiger charge is -2.34. The van der Waals surface area contributed by atoms with Crippen molar-refractivity contribution < 1.29 is 9.59 Å². The monoisotopic (exact) mass is 343 g/mol. The van der Waals surface area contributed by atoms with E-state index in [0.29, 0.717) is 23.8 Å². The predicted octanol–water partition coefficient (Wildman–Crippen LogP) is 3.43. The molecule has 124 valence electrons. The number of amides is 2. The Hall–Kier alpha value is -2.40. The number of hydrogen-bond acceptors (Lipinski definition) is 3. The molecule has 2 heterocycles. The zero-order valence-corrected chi connectivity index (χ0v) is 13.9. The van der Waals surface area contributed by atoms with Crippen molar-refractivity contribution in [3.8, 4) is 0 Å². The van der Waals surface area contributed by atoms with Gasteiger partial charge in [0.1, 0.15) is 11.2 Å². The first-order valence-electron chi connectivity index (χ1n) is 7.92. The van der Waals surface area contributed by atoms with Gasteiger partial charge in [0.25, 0.3) is 5.91 Å². The maximum atomic E-state index is 12.9. The van der Waals surface area contributed by atoms with E-state index >= 15 is 0 Å². The Labute approximate surface area is 145 Å². The molecule has 1 fully saturated rings. The number of likely N-dealkylation sites (tertiary alicyclic amines) is 1. The molecule has 1 atom stereocenters. The van der Waals surface area contributed by atoms with Crippen LogP contribution in [0.15, 0.2) is 48.7 Å². The number of benzene rings is 1. The summed E-state index contributed by atoms with van der Waals surface area (Å²) in [5.41, 5.74) is 1.35. The van der Waals surface area contributed by atoms with E-state index in [2.05, 4.69) is 10.3 Å². The molecule has 0 spiro atoms. The highest BCUT2D eigenvalue weighted by Crippen LogP contribution is 2.27. The minimum Gasteiger partial charge on any atom is -0.327 e. The molecule has 0 aliphatic carbocycles. The van der Waals surface area contributed by atoms with E-state index in [4.69, 9.17) is 11.6 Å². The fraction of sp³-hybridized carbons (Fsp3) is 0.278. The second-order valence-corrected chi connectivity index (χ2v) is 6.10. The molecule has 1 aromatic carbocycles. The molecule has 1 aliphatic heterocycles. The van der Waals surface area contributed by atoms with Crippen LogP contribution in [0.25, 0.3) is 0 Å². The van der Waals surface area contributed by atoms with Gasteiger partial charge in [-0.3, -0.25) is 9.59 Å². The van der Waals surface area contributed by atoms with Gasteiger partial charge in [-0.05, 0) is 30.5 Å². The number of carbonyl (C=O) groups is 2. The number of anilines is 1. The number of carbonyl (C=O) groups excluding carboxylic acids is 2. The number of hydrogen-bond donors (Lipinski definition) is 1. The van der Waals surface area contributed by atoms with Crippen molar-refractivity contribution in [3.63, 3.8) is 0 Å². The maximum absolute atomic E-state index is 12.9. The van der Waals surface area contributed by atoms with Crippen LogP contribution in [-0.2, 0) is 9.59 Å². The van der Waals surface area contributed by atoms with Crippen LogP contribution >= 0.6 is 11.6 Å². The van der Waals surface area contributed by atoms with Crippen LogP contribution in [0.4, 0.5) is 5.69 Å². The molecule has 3 rings (SSSR count). The van der Waals surface area contributed by atoms with Crippen LogP contribution in [0.1, 0.15) is 30.9 Å². The highest BCUT2D eigenvalue weighted by Gasteiger charge is 2.32.